The van der Waals surface area contributed by atoms with Gasteiger partial charge < -0.3 is 14.6 Å². The highest BCUT2D eigenvalue weighted by atomic mass is 16.6. The molecule has 0 spiro atoms. The van der Waals surface area contributed by atoms with Gasteiger partial charge in [-0.2, -0.15) is 0 Å². The van der Waals surface area contributed by atoms with Crippen molar-refractivity contribution in [2.45, 2.75) is 13.0 Å². The molecule has 0 saturated heterocycles. The maximum absolute atomic E-state index is 10.9. The summed E-state index contributed by atoms with van der Waals surface area (Å²) in [6.07, 6.45) is -1.20. The first-order valence-corrected chi connectivity index (χ1v) is 5.09. The van der Waals surface area contributed by atoms with Crippen molar-refractivity contribution in [1.82, 2.24) is 0 Å². The van der Waals surface area contributed by atoms with Gasteiger partial charge in [-0.25, -0.2) is 4.79 Å². The van der Waals surface area contributed by atoms with Gasteiger partial charge in [-0.15, -0.1) is 0 Å². The summed E-state index contributed by atoms with van der Waals surface area (Å²) < 4.78 is 9.92. The standard InChI is InChI=1S/C11H13NO6/c1-7-8(12(15)16)4-3-5-9(7)18-10(6-17-2)11(13)14/h3-5,10H,6H2,1-2H3,(H,13,14). The third-order valence-electron chi connectivity index (χ3n) is 2.31. The van der Waals surface area contributed by atoms with Crippen LogP contribution in [0.2, 0.25) is 0 Å². The van der Waals surface area contributed by atoms with Gasteiger partial charge in [-0.05, 0) is 13.0 Å². The van der Waals surface area contributed by atoms with Gasteiger partial charge in [-0.1, -0.05) is 6.07 Å². The van der Waals surface area contributed by atoms with Crippen molar-refractivity contribution < 1.29 is 24.3 Å². The zero-order valence-corrected chi connectivity index (χ0v) is 9.95. The molecule has 1 unspecified atom stereocenters. The second kappa shape index (κ2) is 5.97. The SMILES string of the molecule is COCC(Oc1cccc([N+](=O)[O-])c1C)C(=O)O. The monoisotopic (exact) mass is 255 g/mol. The van der Waals surface area contributed by atoms with Gasteiger partial charge in [0, 0.05) is 13.2 Å². The molecule has 1 rings (SSSR count). The molecule has 0 saturated carbocycles. The number of nitro benzene ring substituents is 1. The van der Waals surface area contributed by atoms with Crippen LogP contribution in [0, 0.1) is 17.0 Å². The number of carboxylic acids is 1. The number of methoxy groups -OCH3 is 1. The summed E-state index contributed by atoms with van der Waals surface area (Å²) in [7, 11) is 1.35. The summed E-state index contributed by atoms with van der Waals surface area (Å²) in [4.78, 5) is 21.1. The van der Waals surface area contributed by atoms with E-state index in [2.05, 4.69) is 0 Å². The van der Waals surface area contributed by atoms with Crippen molar-refractivity contribution in [3.8, 4) is 5.75 Å². The topological polar surface area (TPSA) is 98.9 Å². The predicted octanol–water partition coefficient (Wildman–Crippen LogP) is 1.38. The largest absolute Gasteiger partial charge is 0.478 e. The first-order chi connectivity index (χ1) is 8.47. The van der Waals surface area contributed by atoms with Crippen LogP contribution in [0.3, 0.4) is 0 Å². The van der Waals surface area contributed by atoms with Crippen LogP contribution in [0.4, 0.5) is 5.69 Å². The molecule has 0 aromatic heterocycles. The molecule has 1 atom stereocenters. The molecule has 7 heteroatoms. The highest BCUT2D eigenvalue weighted by molar-refractivity contribution is 5.73. The first-order valence-electron chi connectivity index (χ1n) is 5.09. The summed E-state index contributed by atoms with van der Waals surface area (Å²) in [5.74, 6) is -1.03. The fourth-order valence-corrected chi connectivity index (χ4v) is 1.39. The third-order valence-corrected chi connectivity index (χ3v) is 2.31. The maximum atomic E-state index is 10.9. The molecule has 1 N–H and O–H groups in total. The molecule has 0 aliphatic heterocycles. The number of hydrogen-bond donors (Lipinski definition) is 1. The highest BCUT2D eigenvalue weighted by Crippen LogP contribution is 2.27. The fourth-order valence-electron chi connectivity index (χ4n) is 1.39. The lowest BCUT2D eigenvalue weighted by molar-refractivity contribution is -0.385. The fraction of sp³-hybridized carbons (Fsp3) is 0.364. The zero-order chi connectivity index (χ0) is 13.7. The Morgan fingerprint density at radius 3 is 2.72 bits per heavy atom. The van der Waals surface area contributed by atoms with Crippen LogP contribution < -0.4 is 4.74 Å². The number of hydrogen-bond acceptors (Lipinski definition) is 5. The van der Waals surface area contributed by atoms with Gasteiger partial charge in [0.2, 0.25) is 6.10 Å². The van der Waals surface area contributed by atoms with Gasteiger partial charge in [0.15, 0.2) is 0 Å². The van der Waals surface area contributed by atoms with Crippen molar-refractivity contribution in [1.29, 1.82) is 0 Å². The summed E-state index contributed by atoms with van der Waals surface area (Å²) >= 11 is 0. The van der Waals surface area contributed by atoms with E-state index in [0.29, 0.717) is 0 Å². The van der Waals surface area contributed by atoms with E-state index in [9.17, 15) is 14.9 Å². The molecule has 0 bridgehead atoms. The Kier molecular flexibility index (Phi) is 4.61. The molecule has 0 heterocycles. The van der Waals surface area contributed by atoms with E-state index in [1.807, 2.05) is 0 Å². The Bertz CT molecular complexity index is 459. The number of rotatable bonds is 6. The van der Waals surface area contributed by atoms with Crippen LogP contribution in [-0.4, -0.2) is 35.8 Å². The minimum atomic E-state index is -1.20. The lowest BCUT2D eigenvalue weighted by Crippen LogP contribution is -2.31. The van der Waals surface area contributed by atoms with E-state index in [1.54, 1.807) is 0 Å². The molecule has 0 fully saturated rings. The Balaban J connectivity index is 2.99. The second-order valence-corrected chi connectivity index (χ2v) is 3.56. The number of aliphatic carboxylic acids is 1. The highest BCUT2D eigenvalue weighted by Gasteiger charge is 2.22. The summed E-state index contributed by atoms with van der Waals surface area (Å²) in [6.45, 7) is 1.36. The van der Waals surface area contributed by atoms with Gasteiger partial charge >= 0.3 is 5.97 Å². The molecule has 0 aliphatic rings. The average Bonchev–Trinajstić information content (AvgIpc) is 2.30. The maximum Gasteiger partial charge on any atom is 0.347 e. The molecule has 98 valence electrons. The lowest BCUT2D eigenvalue weighted by atomic mass is 10.2. The van der Waals surface area contributed by atoms with Crippen LogP contribution in [-0.2, 0) is 9.53 Å². The first kappa shape index (κ1) is 13.9. The van der Waals surface area contributed by atoms with Crippen molar-refractivity contribution in [2.75, 3.05) is 13.7 Å². The Morgan fingerprint density at radius 2 is 2.22 bits per heavy atom. The number of carboxylic acid groups (broad SMARTS) is 1. The van der Waals surface area contributed by atoms with Crippen molar-refractivity contribution in [2.24, 2.45) is 0 Å². The van der Waals surface area contributed by atoms with Crippen LogP contribution in [0.15, 0.2) is 18.2 Å². The summed E-state index contributed by atoms with van der Waals surface area (Å²) in [5, 5.41) is 19.6. The molecule has 7 nitrogen and oxygen atoms in total. The Hall–Kier alpha value is -2.15. The van der Waals surface area contributed by atoms with Crippen molar-refractivity contribution >= 4 is 11.7 Å². The van der Waals surface area contributed by atoms with Crippen LogP contribution in [0.25, 0.3) is 0 Å². The van der Waals surface area contributed by atoms with Gasteiger partial charge in [0.05, 0.1) is 17.1 Å². The van der Waals surface area contributed by atoms with Crippen LogP contribution >= 0.6 is 0 Å². The normalized spacial score (nSPS) is 11.9. The van der Waals surface area contributed by atoms with E-state index in [0.717, 1.165) is 0 Å². The predicted molar refractivity (Wildman–Crippen MR) is 61.8 cm³/mol. The third kappa shape index (κ3) is 3.17. The summed E-state index contributed by atoms with van der Waals surface area (Å²) in [5.41, 5.74) is 0.166. The zero-order valence-electron chi connectivity index (χ0n) is 9.95. The number of ether oxygens (including phenoxy) is 2. The van der Waals surface area contributed by atoms with E-state index in [-0.39, 0.29) is 23.6 Å². The minimum Gasteiger partial charge on any atom is -0.478 e. The van der Waals surface area contributed by atoms with E-state index < -0.39 is 17.0 Å². The number of benzene rings is 1. The second-order valence-electron chi connectivity index (χ2n) is 3.56. The number of nitrogens with zero attached hydrogens (tertiary/aromatic N) is 1. The molecule has 18 heavy (non-hydrogen) atoms. The molecular weight excluding hydrogens is 242 g/mol. The molecule has 0 amide bonds. The quantitative estimate of drug-likeness (QED) is 0.609. The van der Waals surface area contributed by atoms with Gasteiger partial charge in [-0.3, -0.25) is 10.1 Å². The molecule has 1 aromatic rings. The van der Waals surface area contributed by atoms with Gasteiger partial charge in [0.1, 0.15) is 5.75 Å². The molecule has 1 aromatic carbocycles. The van der Waals surface area contributed by atoms with Gasteiger partial charge in [0.25, 0.3) is 5.69 Å². The molecule has 0 aliphatic carbocycles. The van der Waals surface area contributed by atoms with Crippen LogP contribution in [0.5, 0.6) is 5.75 Å². The number of nitro groups is 1. The number of carbonyl (C=O) groups is 1. The Labute approximate surface area is 103 Å². The Morgan fingerprint density at radius 1 is 1.56 bits per heavy atom. The molecule has 0 radical (unpaired) electrons. The average molecular weight is 255 g/mol. The molecular formula is C11H13NO6. The van der Waals surface area contributed by atoms with E-state index in [4.69, 9.17) is 14.6 Å². The summed E-state index contributed by atoms with van der Waals surface area (Å²) in [6, 6.07) is 4.24. The van der Waals surface area contributed by atoms with E-state index >= 15 is 0 Å². The van der Waals surface area contributed by atoms with Crippen molar-refractivity contribution in [3.05, 3.63) is 33.9 Å². The van der Waals surface area contributed by atoms with E-state index in [1.165, 1.54) is 32.2 Å². The lowest BCUT2D eigenvalue weighted by Gasteiger charge is -2.15. The van der Waals surface area contributed by atoms with Crippen LogP contribution in [0.1, 0.15) is 5.56 Å². The minimum absolute atomic E-state index is 0.117. The van der Waals surface area contributed by atoms with Crippen molar-refractivity contribution in [3.63, 3.8) is 0 Å². The smallest absolute Gasteiger partial charge is 0.347 e.